The number of aliphatic hydroxyl groups excluding tert-OH is 1. The van der Waals surface area contributed by atoms with Gasteiger partial charge in [0.25, 0.3) is 5.69 Å². The van der Waals surface area contributed by atoms with E-state index in [0.29, 0.717) is 10.6 Å². The molecule has 0 aliphatic carbocycles. The molecule has 0 heterocycles. The highest BCUT2D eigenvalue weighted by Gasteiger charge is 2.15. The van der Waals surface area contributed by atoms with Gasteiger partial charge in [0.05, 0.1) is 17.1 Å². The lowest BCUT2D eigenvalue weighted by atomic mass is 10.2. The number of carboxylic acids is 1. The molecule has 6 nitrogen and oxygen atoms in total. The smallest absolute Gasteiger partial charge is 0.337 e. The highest BCUT2D eigenvalue weighted by Crippen LogP contribution is 2.26. The quantitative estimate of drug-likeness (QED) is 0.460. The first kappa shape index (κ1) is 12.5. The summed E-state index contributed by atoms with van der Waals surface area (Å²) in [5, 5.41) is 28.0. The van der Waals surface area contributed by atoms with E-state index in [-0.39, 0.29) is 17.9 Å². The first-order valence-corrected chi connectivity index (χ1v) is 5.30. The first-order valence-electron chi connectivity index (χ1n) is 4.31. The Morgan fingerprint density at radius 1 is 1.50 bits per heavy atom. The van der Waals surface area contributed by atoms with Gasteiger partial charge in [-0.1, -0.05) is 0 Å². The van der Waals surface area contributed by atoms with Crippen molar-refractivity contribution in [2.24, 2.45) is 0 Å². The molecule has 0 spiro atoms. The average molecular weight is 243 g/mol. The van der Waals surface area contributed by atoms with E-state index in [1.807, 2.05) is 0 Å². The third-order valence-corrected chi connectivity index (χ3v) is 2.81. The van der Waals surface area contributed by atoms with Crippen LogP contribution in [0.1, 0.15) is 10.4 Å². The summed E-state index contributed by atoms with van der Waals surface area (Å²) >= 11 is 1.14. The molecule has 0 radical (unpaired) electrons. The number of nitro benzene ring substituents is 1. The molecular weight excluding hydrogens is 234 g/mol. The van der Waals surface area contributed by atoms with Crippen LogP contribution in [0.5, 0.6) is 0 Å². The normalized spacial score (nSPS) is 10.1. The number of carboxylic acid groups (broad SMARTS) is 1. The summed E-state index contributed by atoms with van der Waals surface area (Å²) in [5.41, 5.74) is -0.376. The van der Waals surface area contributed by atoms with E-state index in [1.165, 1.54) is 12.1 Å². The van der Waals surface area contributed by atoms with Crippen molar-refractivity contribution in [1.82, 2.24) is 0 Å². The van der Waals surface area contributed by atoms with Crippen molar-refractivity contribution in [3.05, 3.63) is 33.9 Å². The van der Waals surface area contributed by atoms with E-state index in [2.05, 4.69) is 0 Å². The monoisotopic (exact) mass is 243 g/mol. The zero-order valence-electron chi connectivity index (χ0n) is 8.12. The van der Waals surface area contributed by atoms with Gasteiger partial charge in [-0.2, -0.15) is 0 Å². The van der Waals surface area contributed by atoms with E-state index in [0.717, 1.165) is 17.8 Å². The standard InChI is InChI=1S/C9H9NO5S/c11-3-4-16-8-2-1-6(10(14)15)5-7(8)9(12)13/h1-2,5,11H,3-4H2,(H,12,13). The Bertz CT molecular complexity index is 420. The van der Waals surface area contributed by atoms with Gasteiger partial charge in [-0.15, -0.1) is 11.8 Å². The summed E-state index contributed by atoms with van der Waals surface area (Å²) in [4.78, 5) is 21.1. The molecule has 1 aromatic rings. The zero-order chi connectivity index (χ0) is 12.1. The number of nitrogens with zero attached hydrogens (tertiary/aromatic N) is 1. The number of non-ortho nitro benzene ring substituents is 1. The summed E-state index contributed by atoms with van der Waals surface area (Å²) in [6.07, 6.45) is 0. The SMILES string of the molecule is O=C(O)c1cc([N+](=O)[O-])ccc1SCCO. The first-order chi connectivity index (χ1) is 7.56. The number of carbonyl (C=O) groups is 1. The molecule has 0 bridgehead atoms. The van der Waals surface area contributed by atoms with Crippen molar-refractivity contribution in [3.63, 3.8) is 0 Å². The van der Waals surface area contributed by atoms with Gasteiger partial charge >= 0.3 is 5.97 Å². The maximum absolute atomic E-state index is 10.9. The van der Waals surface area contributed by atoms with Crippen LogP contribution in [0.15, 0.2) is 23.1 Å². The van der Waals surface area contributed by atoms with Crippen LogP contribution in [0.3, 0.4) is 0 Å². The lowest BCUT2D eigenvalue weighted by Crippen LogP contribution is -2.01. The van der Waals surface area contributed by atoms with Crippen molar-refractivity contribution in [2.45, 2.75) is 4.90 Å². The minimum Gasteiger partial charge on any atom is -0.478 e. The Balaban J connectivity index is 3.09. The molecule has 0 saturated carbocycles. The Morgan fingerprint density at radius 3 is 2.69 bits per heavy atom. The highest BCUT2D eigenvalue weighted by molar-refractivity contribution is 7.99. The number of hydrogen-bond acceptors (Lipinski definition) is 5. The summed E-state index contributed by atoms with van der Waals surface area (Å²) < 4.78 is 0. The predicted molar refractivity (Wildman–Crippen MR) is 57.9 cm³/mol. The molecule has 0 aliphatic heterocycles. The van der Waals surface area contributed by atoms with Crippen molar-refractivity contribution in [1.29, 1.82) is 0 Å². The maximum Gasteiger partial charge on any atom is 0.337 e. The molecule has 0 saturated heterocycles. The molecule has 1 rings (SSSR count). The molecule has 0 aliphatic rings. The van der Waals surface area contributed by atoms with Gasteiger partial charge in [0.2, 0.25) is 0 Å². The van der Waals surface area contributed by atoms with Crippen molar-refractivity contribution < 1.29 is 19.9 Å². The number of benzene rings is 1. The largest absolute Gasteiger partial charge is 0.478 e. The van der Waals surface area contributed by atoms with Gasteiger partial charge in [-0.3, -0.25) is 10.1 Å². The number of hydrogen-bond donors (Lipinski definition) is 2. The molecule has 86 valence electrons. The third kappa shape index (κ3) is 2.94. The van der Waals surface area contributed by atoms with Gasteiger partial charge in [0, 0.05) is 22.8 Å². The molecule has 16 heavy (non-hydrogen) atoms. The molecule has 2 N–H and O–H groups in total. The van der Waals surface area contributed by atoms with Gasteiger partial charge in [0.15, 0.2) is 0 Å². The average Bonchev–Trinajstić information content (AvgIpc) is 2.25. The summed E-state index contributed by atoms with van der Waals surface area (Å²) in [7, 11) is 0. The summed E-state index contributed by atoms with van der Waals surface area (Å²) in [6, 6.07) is 3.64. The lowest BCUT2D eigenvalue weighted by molar-refractivity contribution is -0.384. The molecule has 0 unspecified atom stereocenters. The van der Waals surface area contributed by atoms with Crippen LogP contribution in [0.4, 0.5) is 5.69 Å². The van der Waals surface area contributed by atoms with E-state index < -0.39 is 10.9 Å². The van der Waals surface area contributed by atoms with Crippen molar-refractivity contribution in [2.75, 3.05) is 12.4 Å². The lowest BCUT2D eigenvalue weighted by Gasteiger charge is -2.04. The van der Waals surface area contributed by atoms with Gasteiger partial charge < -0.3 is 10.2 Å². The predicted octanol–water partition coefficient (Wildman–Crippen LogP) is 1.38. The fraction of sp³-hybridized carbons (Fsp3) is 0.222. The molecule has 7 heteroatoms. The van der Waals surface area contributed by atoms with Gasteiger partial charge in [-0.05, 0) is 6.07 Å². The van der Waals surface area contributed by atoms with Crippen LogP contribution in [0, 0.1) is 10.1 Å². The second-order valence-electron chi connectivity index (χ2n) is 2.81. The highest BCUT2D eigenvalue weighted by atomic mass is 32.2. The third-order valence-electron chi connectivity index (χ3n) is 1.75. The molecule has 1 aromatic carbocycles. The number of thioether (sulfide) groups is 1. The second kappa shape index (κ2) is 5.47. The minimum atomic E-state index is -1.22. The Hall–Kier alpha value is -1.60. The van der Waals surface area contributed by atoms with Gasteiger partial charge in [-0.25, -0.2) is 4.79 Å². The fourth-order valence-electron chi connectivity index (χ4n) is 1.08. The number of aromatic carboxylic acids is 1. The van der Waals surface area contributed by atoms with E-state index in [9.17, 15) is 14.9 Å². The Labute approximate surface area is 95.1 Å². The number of aliphatic hydroxyl groups is 1. The van der Waals surface area contributed by atoms with Crippen LogP contribution >= 0.6 is 11.8 Å². The topological polar surface area (TPSA) is 101 Å². The molecular formula is C9H9NO5S. The minimum absolute atomic E-state index is 0.0826. The molecule has 0 amide bonds. The van der Waals surface area contributed by atoms with Crippen LogP contribution < -0.4 is 0 Å². The number of rotatable bonds is 5. The van der Waals surface area contributed by atoms with Crippen LogP contribution in [0.2, 0.25) is 0 Å². The van der Waals surface area contributed by atoms with Crippen LogP contribution in [-0.2, 0) is 0 Å². The molecule has 0 aromatic heterocycles. The van der Waals surface area contributed by atoms with Gasteiger partial charge in [0.1, 0.15) is 0 Å². The van der Waals surface area contributed by atoms with Crippen LogP contribution in [-0.4, -0.2) is 33.5 Å². The maximum atomic E-state index is 10.9. The summed E-state index contributed by atoms with van der Waals surface area (Å²) in [6.45, 7) is -0.0826. The fourth-order valence-corrected chi connectivity index (χ4v) is 1.86. The Morgan fingerprint density at radius 2 is 2.19 bits per heavy atom. The van der Waals surface area contributed by atoms with E-state index >= 15 is 0 Å². The van der Waals surface area contributed by atoms with Crippen molar-refractivity contribution in [3.8, 4) is 0 Å². The summed E-state index contributed by atoms with van der Waals surface area (Å²) in [5.74, 6) is -0.873. The van der Waals surface area contributed by atoms with E-state index in [1.54, 1.807) is 0 Å². The Kier molecular flexibility index (Phi) is 4.27. The van der Waals surface area contributed by atoms with Crippen LogP contribution in [0.25, 0.3) is 0 Å². The second-order valence-corrected chi connectivity index (χ2v) is 3.95. The van der Waals surface area contributed by atoms with E-state index in [4.69, 9.17) is 10.2 Å². The number of nitro groups is 1. The molecule has 0 atom stereocenters. The zero-order valence-corrected chi connectivity index (χ0v) is 8.94. The molecule has 0 fully saturated rings. The van der Waals surface area contributed by atoms with Crippen molar-refractivity contribution >= 4 is 23.4 Å².